The second kappa shape index (κ2) is 7.41. The molecule has 0 radical (unpaired) electrons. The number of hydrogen-bond acceptors (Lipinski definition) is 5. The van der Waals surface area contributed by atoms with Crippen LogP contribution in [0.1, 0.15) is 23.0 Å². The first-order valence-corrected chi connectivity index (χ1v) is 9.11. The molecule has 1 aromatic heterocycles. The normalized spacial score (nSPS) is 15.1. The summed E-state index contributed by atoms with van der Waals surface area (Å²) in [5, 5.41) is 15.3. The number of halogens is 1. The van der Waals surface area contributed by atoms with Crippen LogP contribution in [0.15, 0.2) is 75.8 Å². The fourth-order valence-electron chi connectivity index (χ4n) is 2.93. The smallest absolute Gasteiger partial charge is 0.285 e. The summed E-state index contributed by atoms with van der Waals surface area (Å²) in [6.07, 6.45) is 1.54. The minimum absolute atomic E-state index is 0.00155. The summed E-state index contributed by atoms with van der Waals surface area (Å²) in [5.74, 6) is -0.424. The van der Waals surface area contributed by atoms with Crippen LogP contribution in [0, 0.1) is 0 Å². The lowest BCUT2D eigenvalue weighted by molar-refractivity contribution is -0.123. The summed E-state index contributed by atoms with van der Waals surface area (Å²) in [4.78, 5) is 25.4. The van der Waals surface area contributed by atoms with Crippen molar-refractivity contribution >= 4 is 35.2 Å². The number of phenolic OH excluding ortho intramolecular Hbond substituents is 1. The molecule has 4 rings (SSSR count). The van der Waals surface area contributed by atoms with Gasteiger partial charge in [-0.3, -0.25) is 9.59 Å². The maximum Gasteiger partial charge on any atom is 0.285 e. The summed E-state index contributed by atoms with van der Waals surface area (Å²) in [6, 6.07) is 16.7. The van der Waals surface area contributed by atoms with Crippen molar-refractivity contribution in [3.63, 3.8) is 0 Å². The zero-order valence-electron chi connectivity index (χ0n) is 15.3. The minimum Gasteiger partial charge on any atom is -0.507 e. The van der Waals surface area contributed by atoms with Crippen LogP contribution in [-0.4, -0.2) is 27.6 Å². The molecule has 1 aliphatic rings. The van der Waals surface area contributed by atoms with E-state index in [4.69, 9.17) is 16.0 Å². The maximum absolute atomic E-state index is 12.7. The Labute approximate surface area is 171 Å². The number of nitrogens with zero attached hydrogens (tertiary/aromatic N) is 2. The van der Waals surface area contributed by atoms with E-state index in [1.54, 1.807) is 49.4 Å². The molecule has 0 spiro atoms. The topological polar surface area (TPSA) is 83.1 Å². The molecule has 2 amide bonds. The molecule has 0 atom stereocenters. The molecular weight excluding hydrogens is 392 g/mol. The minimum atomic E-state index is -0.697. The third-order valence-electron chi connectivity index (χ3n) is 4.43. The van der Waals surface area contributed by atoms with Crippen molar-refractivity contribution < 1.29 is 19.1 Å². The van der Waals surface area contributed by atoms with Crippen molar-refractivity contribution in [2.45, 2.75) is 6.92 Å². The van der Waals surface area contributed by atoms with Gasteiger partial charge in [0.1, 0.15) is 17.3 Å². The Morgan fingerprint density at radius 1 is 1.10 bits per heavy atom. The van der Waals surface area contributed by atoms with Gasteiger partial charge in [0, 0.05) is 10.6 Å². The SMILES string of the molecule is CC1=NN(C(=O)c2ccccc2O)C(=O)/C1=C/c1ccc(-c2ccc(Cl)cc2)o1. The van der Waals surface area contributed by atoms with Crippen molar-refractivity contribution in [3.05, 3.63) is 82.6 Å². The third kappa shape index (κ3) is 3.58. The molecular formula is C22H15ClN2O4. The lowest BCUT2D eigenvalue weighted by Gasteiger charge is -2.10. The number of benzene rings is 2. The van der Waals surface area contributed by atoms with E-state index in [9.17, 15) is 14.7 Å². The number of hydrogen-bond donors (Lipinski definition) is 1. The molecule has 0 fully saturated rings. The van der Waals surface area contributed by atoms with E-state index in [2.05, 4.69) is 5.10 Å². The van der Waals surface area contributed by atoms with Crippen LogP contribution in [0.2, 0.25) is 5.02 Å². The molecule has 144 valence electrons. The fourth-order valence-corrected chi connectivity index (χ4v) is 3.06. The summed E-state index contributed by atoms with van der Waals surface area (Å²) < 4.78 is 5.80. The molecule has 7 heteroatoms. The highest BCUT2D eigenvalue weighted by atomic mass is 35.5. The molecule has 1 aliphatic heterocycles. The molecule has 0 saturated heterocycles. The number of amides is 2. The number of phenols is 1. The van der Waals surface area contributed by atoms with Crippen LogP contribution in [0.5, 0.6) is 5.75 Å². The Hall–Kier alpha value is -3.64. The predicted octanol–water partition coefficient (Wildman–Crippen LogP) is 4.75. The Bertz CT molecular complexity index is 1180. The zero-order chi connectivity index (χ0) is 20.5. The number of para-hydroxylation sites is 1. The lowest BCUT2D eigenvalue weighted by Crippen LogP contribution is -2.29. The number of carbonyl (C=O) groups excluding carboxylic acids is 2. The van der Waals surface area contributed by atoms with E-state index in [1.165, 1.54) is 12.1 Å². The van der Waals surface area contributed by atoms with E-state index in [0.717, 1.165) is 10.6 Å². The molecule has 3 aromatic rings. The van der Waals surface area contributed by atoms with Gasteiger partial charge in [-0.1, -0.05) is 23.7 Å². The van der Waals surface area contributed by atoms with Crippen molar-refractivity contribution in [2.75, 3.05) is 0 Å². The monoisotopic (exact) mass is 406 g/mol. The number of hydrazone groups is 1. The third-order valence-corrected chi connectivity index (χ3v) is 4.68. The van der Waals surface area contributed by atoms with Gasteiger partial charge in [-0.25, -0.2) is 0 Å². The van der Waals surface area contributed by atoms with Gasteiger partial charge in [0.15, 0.2) is 0 Å². The predicted molar refractivity (Wildman–Crippen MR) is 110 cm³/mol. The molecule has 2 aromatic carbocycles. The Kier molecular flexibility index (Phi) is 4.78. The Balaban J connectivity index is 1.60. The molecule has 6 nitrogen and oxygen atoms in total. The van der Waals surface area contributed by atoms with Gasteiger partial charge in [-0.05, 0) is 61.5 Å². The van der Waals surface area contributed by atoms with Crippen molar-refractivity contribution in [3.8, 4) is 17.1 Å². The van der Waals surface area contributed by atoms with E-state index in [0.29, 0.717) is 22.3 Å². The van der Waals surface area contributed by atoms with Gasteiger partial charge in [-0.15, -0.1) is 0 Å². The van der Waals surface area contributed by atoms with E-state index >= 15 is 0 Å². The summed E-state index contributed by atoms with van der Waals surface area (Å²) in [7, 11) is 0. The number of carbonyl (C=O) groups is 2. The average molecular weight is 407 g/mol. The quantitative estimate of drug-likeness (QED) is 0.502. The highest BCUT2D eigenvalue weighted by molar-refractivity contribution is 6.31. The van der Waals surface area contributed by atoms with Crippen LogP contribution in [0.3, 0.4) is 0 Å². The van der Waals surface area contributed by atoms with Crippen molar-refractivity contribution in [1.82, 2.24) is 5.01 Å². The van der Waals surface area contributed by atoms with Crippen LogP contribution in [0.4, 0.5) is 0 Å². The van der Waals surface area contributed by atoms with Gasteiger partial charge >= 0.3 is 0 Å². The van der Waals surface area contributed by atoms with Gasteiger partial charge in [0.2, 0.25) is 0 Å². The van der Waals surface area contributed by atoms with Crippen LogP contribution < -0.4 is 0 Å². The van der Waals surface area contributed by atoms with Crippen molar-refractivity contribution in [2.24, 2.45) is 5.10 Å². The second-order valence-corrected chi connectivity index (χ2v) is 6.83. The largest absolute Gasteiger partial charge is 0.507 e. The van der Waals surface area contributed by atoms with Crippen molar-refractivity contribution in [1.29, 1.82) is 0 Å². The second-order valence-electron chi connectivity index (χ2n) is 6.39. The van der Waals surface area contributed by atoms with Gasteiger partial charge < -0.3 is 9.52 Å². The number of furan rings is 1. The molecule has 1 N–H and O–H groups in total. The van der Waals surface area contributed by atoms with Gasteiger partial charge in [-0.2, -0.15) is 10.1 Å². The average Bonchev–Trinajstić information content (AvgIpc) is 3.29. The summed E-state index contributed by atoms with van der Waals surface area (Å²) in [6.45, 7) is 1.63. The number of imide groups is 1. The first kappa shape index (κ1) is 18.7. The molecule has 0 saturated carbocycles. The molecule has 0 aliphatic carbocycles. The summed E-state index contributed by atoms with van der Waals surface area (Å²) in [5.41, 5.74) is 1.47. The number of rotatable bonds is 3. The molecule has 2 heterocycles. The van der Waals surface area contributed by atoms with E-state index in [-0.39, 0.29) is 16.9 Å². The Morgan fingerprint density at radius 2 is 1.83 bits per heavy atom. The van der Waals surface area contributed by atoms with Crippen LogP contribution in [-0.2, 0) is 4.79 Å². The first-order valence-electron chi connectivity index (χ1n) is 8.74. The Morgan fingerprint density at radius 3 is 2.55 bits per heavy atom. The van der Waals surface area contributed by atoms with Gasteiger partial charge in [0.25, 0.3) is 11.8 Å². The van der Waals surface area contributed by atoms with Crippen LogP contribution in [0.25, 0.3) is 17.4 Å². The van der Waals surface area contributed by atoms with E-state index < -0.39 is 11.8 Å². The zero-order valence-corrected chi connectivity index (χ0v) is 16.1. The lowest BCUT2D eigenvalue weighted by atomic mass is 10.1. The fraction of sp³-hybridized carbons (Fsp3) is 0.0455. The standard InChI is InChI=1S/C22H15ClN2O4/c1-13-18(12-16-10-11-20(29-16)14-6-8-15(23)9-7-14)22(28)25(24-13)21(27)17-4-2-3-5-19(17)26/h2-12,26H,1H3/b18-12+. The maximum atomic E-state index is 12.7. The molecule has 0 unspecified atom stereocenters. The number of aromatic hydroxyl groups is 1. The summed E-state index contributed by atoms with van der Waals surface area (Å²) >= 11 is 5.90. The highest BCUT2D eigenvalue weighted by Crippen LogP contribution is 2.27. The molecule has 0 bridgehead atoms. The van der Waals surface area contributed by atoms with E-state index in [1.807, 2.05) is 12.1 Å². The van der Waals surface area contributed by atoms with Crippen LogP contribution >= 0.6 is 11.6 Å². The molecule has 29 heavy (non-hydrogen) atoms. The highest BCUT2D eigenvalue weighted by Gasteiger charge is 2.34. The first-order chi connectivity index (χ1) is 13.9. The van der Waals surface area contributed by atoms with Gasteiger partial charge in [0.05, 0.1) is 16.8 Å².